The van der Waals surface area contributed by atoms with Crippen LogP contribution in [0.4, 0.5) is 17.8 Å². The highest BCUT2D eigenvalue weighted by Gasteiger charge is 2.25. The molecular formula is C21H38N8O4S. The highest BCUT2D eigenvalue weighted by Crippen LogP contribution is 2.29. The van der Waals surface area contributed by atoms with Gasteiger partial charge in [0.05, 0.1) is 26.4 Å². The van der Waals surface area contributed by atoms with Gasteiger partial charge in [0.1, 0.15) is 0 Å². The van der Waals surface area contributed by atoms with Crippen molar-refractivity contribution in [3.8, 4) is 0 Å². The van der Waals surface area contributed by atoms with Gasteiger partial charge in [-0.05, 0) is 37.5 Å². The second-order valence-electron chi connectivity index (χ2n) is 9.36. The molecule has 0 spiro atoms. The third-order valence-corrected chi connectivity index (χ3v) is 8.24. The van der Waals surface area contributed by atoms with Crippen molar-refractivity contribution in [3.63, 3.8) is 0 Å². The maximum absolute atomic E-state index is 11.9. The Hall–Kier alpha value is -1.80. The van der Waals surface area contributed by atoms with Gasteiger partial charge in [-0.1, -0.05) is 0 Å². The summed E-state index contributed by atoms with van der Waals surface area (Å²) < 4.78 is 38.8. The number of rotatable bonds is 9. The Kier molecular flexibility index (Phi) is 8.75. The van der Waals surface area contributed by atoms with Crippen LogP contribution in [0.2, 0.25) is 0 Å². The van der Waals surface area contributed by atoms with Crippen LogP contribution < -0.4 is 19.8 Å². The first-order valence-corrected chi connectivity index (χ1v) is 13.7. The number of nitrogens with zero attached hydrogens (tertiary/aromatic N) is 6. The topological polar surface area (TPSA) is 125 Å². The number of aromatic nitrogens is 3. The molecule has 34 heavy (non-hydrogen) atoms. The smallest absolute Gasteiger partial charge is 0.278 e. The molecule has 1 aromatic rings. The van der Waals surface area contributed by atoms with Crippen molar-refractivity contribution in [2.45, 2.75) is 25.7 Å². The van der Waals surface area contributed by atoms with Crippen molar-refractivity contribution in [3.05, 3.63) is 0 Å². The number of ether oxygens (including phenoxy) is 2. The minimum atomic E-state index is -3.36. The fourth-order valence-corrected chi connectivity index (χ4v) is 5.17. The Balaban J connectivity index is 1.33. The molecule has 12 nitrogen and oxygen atoms in total. The van der Waals surface area contributed by atoms with Crippen LogP contribution in [0.25, 0.3) is 0 Å². The largest absolute Gasteiger partial charge is 0.378 e. The summed E-state index contributed by atoms with van der Waals surface area (Å²) in [5.74, 6) is 2.89. The Morgan fingerprint density at radius 2 is 1.29 bits per heavy atom. The van der Waals surface area contributed by atoms with E-state index in [-0.39, 0.29) is 0 Å². The van der Waals surface area contributed by atoms with Crippen molar-refractivity contribution >= 4 is 28.1 Å². The zero-order valence-corrected chi connectivity index (χ0v) is 21.1. The van der Waals surface area contributed by atoms with Crippen LogP contribution in [-0.4, -0.2) is 107 Å². The van der Waals surface area contributed by atoms with Crippen LogP contribution in [0.3, 0.4) is 0 Å². The van der Waals surface area contributed by atoms with Crippen LogP contribution in [0.1, 0.15) is 25.7 Å². The maximum atomic E-state index is 11.9. The minimum Gasteiger partial charge on any atom is -0.378 e. The standard InChI is InChI=1S/C21H38N8O4S/c1-27(2)34(30,31)23-16-18-5-3-17(4-6-18)15-22-19-24-20(28-7-11-32-12-8-28)26-21(25-19)29-9-13-33-14-10-29/h17-18,23H,3-16H2,1-2H3,(H,22,24,25,26). The molecule has 1 aromatic heterocycles. The zero-order chi connectivity index (χ0) is 24.0. The first-order chi connectivity index (χ1) is 16.4. The molecule has 13 heteroatoms. The SMILES string of the molecule is CN(C)S(=O)(=O)NCC1CCC(CNc2nc(N3CCOCC3)nc(N3CCOCC3)n2)CC1. The number of hydrogen-bond donors (Lipinski definition) is 2. The molecule has 1 aliphatic carbocycles. The monoisotopic (exact) mass is 498 g/mol. The molecule has 0 amide bonds. The lowest BCUT2D eigenvalue weighted by Gasteiger charge is -2.31. The second-order valence-corrected chi connectivity index (χ2v) is 11.3. The van der Waals surface area contributed by atoms with E-state index in [2.05, 4.69) is 19.8 Å². The van der Waals surface area contributed by atoms with Gasteiger partial charge in [-0.3, -0.25) is 0 Å². The Morgan fingerprint density at radius 1 is 0.824 bits per heavy atom. The van der Waals surface area contributed by atoms with Gasteiger partial charge in [0.25, 0.3) is 10.2 Å². The highest BCUT2D eigenvalue weighted by atomic mass is 32.2. The maximum Gasteiger partial charge on any atom is 0.278 e. The summed E-state index contributed by atoms with van der Waals surface area (Å²) in [6.45, 7) is 7.09. The van der Waals surface area contributed by atoms with Gasteiger partial charge < -0.3 is 24.6 Å². The molecule has 3 aliphatic rings. The van der Waals surface area contributed by atoms with Gasteiger partial charge >= 0.3 is 0 Å². The lowest BCUT2D eigenvalue weighted by Crippen LogP contribution is -2.40. The molecule has 2 saturated heterocycles. The lowest BCUT2D eigenvalue weighted by molar-refractivity contribution is 0.121. The van der Waals surface area contributed by atoms with Crippen molar-refractivity contribution in [1.82, 2.24) is 24.0 Å². The summed E-state index contributed by atoms with van der Waals surface area (Å²) >= 11 is 0. The van der Waals surface area contributed by atoms with Gasteiger partial charge in [-0.2, -0.15) is 27.7 Å². The van der Waals surface area contributed by atoms with E-state index in [1.54, 1.807) is 14.1 Å². The van der Waals surface area contributed by atoms with Gasteiger partial charge in [0.2, 0.25) is 17.8 Å². The summed E-state index contributed by atoms with van der Waals surface area (Å²) in [6.07, 6.45) is 4.13. The summed E-state index contributed by atoms with van der Waals surface area (Å²) in [5.41, 5.74) is 0. The molecule has 192 valence electrons. The molecule has 3 heterocycles. The predicted molar refractivity (Wildman–Crippen MR) is 130 cm³/mol. The second kappa shape index (κ2) is 11.8. The molecule has 0 atom stereocenters. The average molecular weight is 499 g/mol. The van der Waals surface area contributed by atoms with E-state index < -0.39 is 10.2 Å². The third-order valence-electron chi connectivity index (χ3n) is 6.75. The molecule has 3 fully saturated rings. The molecule has 1 saturated carbocycles. The average Bonchev–Trinajstić information content (AvgIpc) is 2.87. The van der Waals surface area contributed by atoms with Crippen LogP contribution >= 0.6 is 0 Å². The molecule has 2 aliphatic heterocycles. The predicted octanol–water partition coefficient (Wildman–Crippen LogP) is 0.159. The molecule has 2 N–H and O–H groups in total. The van der Waals surface area contributed by atoms with E-state index >= 15 is 0 Å². The first-order valence-electron chi connectivity index (χ1n) is 12.2. The third kappa shape index (κ3) is 6.87. The van der Waals surface area contributed by atoms with E-state index in [4.69, 9.17) is 24.4 Å². The highest BCUT2D eigenvalue weighted by molar-refractivity contribution is 7.87. The van der Waals surface area contributed by atoms with Crippen molar-refractivity contribution in [2.24, 2.45) is 11.8 Å². The van der Waals surface area contributed by atoms with E-state index in [0.717, 1.165) is 58.4 Å². The van der Waals surface area contributed by atoms with Crippen LogP contribution in [-0.2, 0) is 19.7 Å². The van der Waals surface area contributed by atoms with Crippen molar-refractivity contribution in [2.75, 3.05) is 94.9 Å². The van der Waals surface area contributed by atoms with Gasteiger partial charge in [-0.15, -0.1) is 0 Å². The number of morpholine rings is 2. The molecular weight excluding hydrogens is 460 g/mol. The van der Waals surface area contributed by atoms with Gasteiger partial charge in [0.15, 0.2) is 0 Å². The van der Waals surface area contributed by atoms with E-state index in [9.17, 15) is 8.42 Å². The Bertz CT molecular complexity index is 847. The van der Waals surface area contributed by atoms with Crippen LogP contribution in [0.15, 0.2) is 0 Å². The Labute approximate surface area is 202 Å². The molecule has 0 radical (unpaired) electrons. The lowest BCUT2D eigenvalue weighted by atomic mass is 9.82. The summed E-state index contributed by atoms with van der Waals surface area (Å²) in [5, 5.41) is 3.46. The van der Waals surface area contributed by atoms with Crippen molar-refractivity contribution < 1.29 is 17.9 Å². The van der Waals surface area contributed by atoms with E-state index in [0.29, 0.717) is 62.7 Å². The fourth-order valence-electron chi connectivity index (χ4n) is 4.47. The van der Waals surface area contributed by atoms with E-state index in [1.165, 1.54) is 4.31 Å². The first kappa shape index (κ1) is 25.3. The number of hydrogen-bond acceptors (Lipinski definition) is 10. The molecule has 0 aromatic carbocycles. The number of anilines is 3. The quantitative estimate of drug-likeness (QED) is 0.486. The summed E-state index contributed by atoms with van der Waals surface area (Å²) in [6, 6.07) is 0. The Morgan fingerprint density at radius 3 is 1.76 bits per heavy atom. The fraction of sp³-hybridized carbons (Fsp3) is 0.857. The van der Waals surface area contributed by atoms with Gasteiger partial charge in [0, 0.05) is 53.4 Å². The van der Waals surface area contributed by atoms with Crippen LogP contribution in [0.5, 0.6) is 0 Å². The molecule has 4 rings (SSSR count). The van der Waals surface area contributed by atoms with Crippen molar-refractivity contribution in [1.29, 1.82) is 0 Å². The summed E-state index contributed by atoms with van der Waals surface area (Å²) in [7, 11) is -0.274. The minimum absolute atomic E-state index is 0.379. The van der Waals surface area contributed by atoms with E-state index in [1.807, 2.05) is 0 Å². The molecule has 0 bridgehead atoms. The molecule has 0 unspecified atom stereocenters. The normalized spacial score (nSPS) is 24.4. The summed E-state index contributed by atoms with van der Waals surface area (Å²) in [4.78, 5) is 18.5. The number of nitrogens with one attached hydrogen (secondary N) is 2. The van der Waals surface area contributed by atoms with Crippen LogP contribution in [0, 0.1) is 11.8 Å². The zero-order valence-electron chi connectivity index (χ0n) is 20.3. The van der Waals surface area contributed by atoms with Gasteiger partial charge in [-0.25, -0.2) is 4.72 Å².